The van der Waals surface area contributed by atoms with E-state index in [0.29, 0.717) is 24.9 Å². The number of piperidine rings is 1. The number of rotatable bonds is 4. The maximum atomic E-state index is 11.3. The summed E-state index contributed by atoms with van der Waals surface area (Å²) < 4.78 is 4.94. The molecular formula is C11H21NO2. The second kappa shape index (κ2) is 6.02. The van der Waals surface area contributed by atoms with Crippen molar-refractivity contribution in [1.29, 1.82) is 0 Å². The van der Waals surface area contributed by atoms with Gasteiger partial charge < -0.3 is 10.1 Å². The van der Waals surface area contributed by atoms with E-state index in [2.05, 4.69) is 12.2 Å². The van der Waals surface area contributed by atoms with Gasteiger partial charge in [0.25, 0.3) is 0 Å². The first-order chi connectivity index (χ1) is 6.74. The summed E-state index contributed by atoms with van der Waals surface area (Å²) in [6.45, 7) is 6.68. The fraction of sp³-hybridized carbons (Fsp3) is 0.909. The Morgan fingerprint density at radius 3 is 3.00 bits per heavy atom. The van der Waals surface area contributed by atoms with Crippen molar-refractivity contribution in [3.8, 4) is 0 Å². The molecular weight excluding hydrogens is 178 g/mol. The third-order valence-corrected chi connectivity index (χ3v) is 2.93. The van der Waals surface area contributed by atoms with Crippen LogP contribution in [0.25, 0.3) is 0 Å². The van der Waals surface area contributed by atoms with Gasteiger partial charge in [0.15, 0.2) is 0 Å². The molecule has 0 bridgehead atoms. The highest BCUT2D eigenvalue weighted by Gasteiger charge is 2.22. The van der Waals surface area contributed by atoms with Gasteiger partial charge in [-0.15, -0.1) is 0 Å². The van der Waals surface area contributed by atoms with E-state index in [1.165, 1.54) is 12.8 Å². The quantitative estimate of drug-likeness (QED) is 0.698. The van der Waals surface area contributed by atoms with E-state index in [-0.39, 0.29) is 5.97 Å². The van der Waals surface area contributed by atoms with Crippen LogP contribution in [-0.4, -0.2) is 25.7 Å². The molecule has 0 saturated carbocycles. The minimum atomic E-state index is -0.0504. The van der Waals surface area contributed by atoms with Gasteiger partial charge in [-0.1, -0.05) is 6.92 Å². The minimum absolute atomic E-state index is 0.0504. The Bertz CT molecular complexity index is 176. The summed E-state index contributed by atoms with van der Waals surface area (Å²) in [7, 11) is 0. The standard InChI is InChI=1S/C11H21NO2/c1-3-14-11(13)7-9(2)10-5-4-6-12-8-10/h9-10,12H,3-8H2,1-2H3. The van der Waals surface area contributed by atoms with Crippen LogP contribution in [0.3, 0.4) is 0 Å². The minimum Gasteiger partial charge on any atom is -0.466 e. The summed E-state index contributed by atoms with van der Waals surface area (Å²) in [6, 6.07) is 0. The van der Waals surface area contributed by atoms with Gasteiger partial charge in [0.1, 0.15) is 0 Å². The summed E-state index contributed by atoms with van der Waals surface area (Å²) in [5, 5.41) is 3.37. The lowest BCUT2D eigenvalue weighted by molar-refractivity contribution is -0.144. The molecule has 0 amide bonds. The van der Waals surface area contributed by atoms with Crippen LogP contribution in [0, 0.1) is 11.8 Å². The Morgan fingerprint density at radius 2 is 2.43 bits per heavy atom. The fourth-order valence-electron chi connectivity index (χ4n) is 2.01. The predicted octanol–water partition coefficient (Wildman–Crippen LogP) is 1.58. The first-order valence-corrected chi connectivity index (χ1v) is 5.60. The molecule has 0 aromatic heterocycles. The molecule has 3 heteroatoms. The van der Waals surface area contributed by atoms with Gasteiger partial charge in [0.2, 0.25) is 0 Å². The monoisotopic (exact) mass is 199 g/mol. The molecule has 2 atom stereocenters. The Hall–Kier alpha value is -0.570. The number of ether oxygens (including phenoxy) is 1. The number of esters is 1. The van der Waals surface area contributed by atoms with Crippen LogP contribution in [0.15, 0.2) is 0 Å². The van der Waals surface area contributed by atoms with Crippen molar-refractivity contribution in [2.75, 3.05) is 19.7 Å². The van der Waals surface area contributed by atoms with Crippen LogP contribution < -0.4 is 5.32 Å². The van der Waals surface area contributed by atoms with Crippen LogP contribution in [-0.2, 0) is 9.53 Å². The second-order valence-electron chi connectivity index (χ2n) is 4.09. The van der Waals surface area contributed by atoms with Gasteiger partial charge in [-0.2, -0.15) is 0 Å². The van der Waals surface area contributed by atoms with Gasteiger partial charge in [0.05, 0.1) is 6.61 Å². The van der Waals surface area contributed by atoms with Crippen LogP contribution in [0.4, 0.5) is 0 Å². The van der Waals surface area contributed by atoms with E-state index in [1.807, 2.05) is 6.92 Å². The summed E-state index contributed by atoms with van der Waals surface area (Å²) in [5.74, 6) is 1.04. The molecule has 1 aliphatic rings. The smallest absolute Gasteiger partial charge is 0.306 e. The molecule has 0 aromatic carbocycles. The molecule has 1 rings (SSSR count). The highest BCUT2D eigenvalue weighted by Crippen LogP contribution is 2.22. The van der Waals surface area contributed by atoms with Gasteiger partial charge in [-0.3, -0.25) is 4.79 Å². The van der Waals surface area contributed by atoms with Crippen LogP contribution in [0.5, 0.6) is 0 Å². The molecule has 82 valence electrons. The molecule has 14 heavy (non-hydrogen) atoms. The van der Waals surface area contributed by atoms with E-state index in [9.17, 15) is 4.79 Å². The van der Waals surface area contributed by atoms with E-state index < -0.39 is 0 Å². The van der Waals surface area contributed by atoms with Gasteiger partial charge in [-0.05, 0) is 44.7 Å². The maximum absolute atomic E-state index is 11.3. The molecule has 0 spiro atoms. The number of hydrogen-bond acceptors (Lipinski definition) is 3. The zero-order valence-electron chi connectivity index (χ0n) is 9.21. The molecule has 0 radical (unpaired) electrons. The molecule has 1 saturated heterocycles. The van der Waals surface area contributed by atoms with Crippen molar-refractivity contribution >= 4 is 5.97 Å². The molecule has 1 fully saturated rings. The average molecular weight is 199 g/mol. The second-order valence-corrected chi connectivity index (χ2v) is 4.09. The third-order valence-electron chi connectivity index (χ3n) is 2.93. The number of nitrogens with one attached hydrogen (secondary N) is 1. The van der Waals surface area contributed by atoms with E-state index in [0.717, 1.165) is 13.1 Å². The lowest BCUT2D eigenvalue weighted by atomic mass is 9.85. The molecule has 2 unspecified atom stereocenters. The Kier molecular flexibility index (Phi) is 4.94. The van der Waals surface area contributed by atoms with Crippen LogP contribution >= 0.6 is 0 Å². The van der Waals surface area contributed by atoms with Gasteiger partial charge in [0, 0.05) is 6.42 Å². The fourth-order valence-corrected chi connectivity index (χ4v) is 2.01. The van der Waals surface area contributed by atoms with Crippen molar-refractivity contribution in [1.82, 2.24) is 5.32 Å². The van der Waals surface area contributed by atoms with Crippen molar-refractivity contribution in [3.05, 3.63) is 0 Å². The Balaban J connectivity index is 2.25. The average Bonchev–Trinajstić information content (AvgIpc) is 2.19. The summed E-state index contributed by atoms with van der Waals surface area (Å²) in [6.07, 6.45) is 3.05. The number of carbonyl (C=O) groups is 1. The molecule has 1 heterocycles. The first kappa shape index (κ1) is 11.5. The summed E-state index contributed by atoms with van der Waals surface area (Å²) >= 11 is 0. The van der Waals surface area contributed by atoms with Crippen LogP contribution in [0.1, 0.15) is 33.1 Å². The molecule has 1 aliphatic heterocycles. The zero-order valence-corrected chi connectivity index (χ0v) is 9.21. The Morgan fingerprint density at radius 1 is 1.64 bits per heavy atom. The molecule has 0 aliphatic carbocycles. The maximum Gasteiger partial charge on any atom is 0.306 e. The highest BCUT2D eigenvalue weighted by molar-refractivity contribution is 5.69. The zero-order chi connectivity index (χ0) is 10.4. The largest absolute Gasteiger partial charge is 0.466 e. The SMILES string of the molecule is CCOC(=O)CC(C)C1CCCNC1. The van der Waals surface area contributed by atoms with Crippen molar-refractivity contribution < 1.29 is 9.53 Å². The third kappa shape index (κ3) is 3.66. The molecule has 1 N–H and O–H groups in total. The molecule has 3 nitrogen and oxygen atoms in total. The van der Waals surface area contributed by atoms with E-state index in [4.69, 9.17) is 4.74 Å². The van der Waals surface area contributed by atoms with Crippen molar-refractivity contribution in [3.63, 3.8) is 0 Å². The summed E-state index contributed by atoms with van der Waals surface area (Å²) in [4.78, 5) is 11.3. The molecule has 0 aromatic rings. The van der Waals surface area contributed by atoms with Gasteiger partial charge >= 0.3 is 5.97 Å². The lowest BCUT2D eigenvalue weighted by Crippen LogP contribution is -2.34. The van der Waals surface area contributed by atoms with Crippen LogP contribution in [0.2, 0.25) is 0 Å². The number of hydrogen-bond donors (Lipinski definition) is 1. The number of carbonyl (C=O) groups excluding carboxylic acids is 1. The lowest BCUT2D eigenvalue weighted by Gasteiger charge is -2.27. The van der Waals surface area contributed by atoms with E-state index in [1.54, 1.807) is 0 Å². The highest BCUT2D eigenvalue weighted by atomic mass is 16.5. The predicted molar refractivity (Wildman–Crippen MR) is 56.0 cm³/mol. The first-order valence-electron chi connectivity index (χ1n) is 5.60. The topological polar surface area (TPSA) is 38.3 Å². The normalized spacial score (nSPS) is 24.3. The van der Waals surface area contributed by atoms with Crippen molar-refractivity contribution in [2.24, 2.45) is 11.8 Å². The van der Waals surface area contributed by atoms with E-state index >= 15 is 0 Å². The van der Waals surface area contributed by atoms with Gasteiger partial charge in [-0.25, -0.2) is 0 Å². The summed E-state index contributed by atoms with van der Waals surface area (Å²) in [5.41, 5.74) is 0. The Labute approximate surface area is 86.2 Å². The van der Waals surface area contributed by atoms with Crippen molar-refractivity contribution in [2.45, 2.75) is 33.1 Å².